The summed E-state index contributed by atoms with van der Waals surface area (Å²) in [6.45, 7) is 6.70. The first-order valence-electron chi connectivity index (χ1n) is 9.27. The summed E-state index contributed by atoms with van der Waals surface area (Å²) >= 11 is 0. The molecular weight excluding hydrogens is 469 g/mol. The molecule has 2 N–H and O–H groups in total. The number of para-hydroxylation sites is 1. The summed E-state index contributed by atoms with van der Waals surface area (Å²) in [5.74, 6) is 1.84. The lowest BCUT2D eigenvalue weighted by molar-refractivity contribution is 0.387. The van der Waals surface area contributed by atoms with Gasteiger partial charge in [-0.05, 0) is 31.9 Å². The maximum absolute atomic E-state index is 9.37. The van der Waals surface area contributed by atoms with Gasteiger partial charge in [-0.1, -0.05) is 17.3 Å². The zero-order valence-corrected chi connectivity index (χ0v) is 18.5. The van der Waals surface area contributed by atoms with E-state index in [0.29, 0.717) is 23.8 Å². The molecule has 0 amide bonds. The molecule has 0 aliphatic carbocycles. The summed E-state index contributed by atoms with van der Waals surface area (Å²) in [7, 11) is 0. The minimum absolute atomic E-state index is 0. The van der Waals surface area contributed by atoms with Crippen LogP contribution in [0.5, 0.6) is 0 Å². The van der Waals surface area contributed by atoms with Crippen molar-refractivity contribution in [2.24, 2.45) is 4.99 Å². The molecule has 1 atom stereocenters. The summed E-state index contributed by atoms with van der Waals surface area (Å²) in [5, 5.41) is 20.0. The first-order valence-corrected chi connectivity index (χ1v) is 9.27. The molecule has 8 nitrogen and oxygen atoms in total. The number of aryl methyl sites for hydroxylation is 1. The number of hydrogen-bond acceptors (Lipinski definition) is 6. The number of halogens is 1. The maximum atomic E-state index is 9.37. The number of nitrogens with one attached hydrogen (secondary N) is 2. The minimum atomic E-state index is 0. The van der Waals surface area contributed by atoms with Gasteiger partial charge >= 0.3 is 0 Å². The van der Waals surface area contributed by atoms with Crippen LogP contribution in [-0.2, 0) is 6.54 Å². The number of aromatic nitrogens is 2. The number of anilines is 1. The molecule has 0 radical (unpaired) electrons. The average Bonchev–Trinajstić information content (AvgIpc) is 3.12. The Labute approximate surface area is 182 Å². The largest absolute Gasteiger partial charge is 0.368 e. The molecule has 1 aliphatic heterocycles. The molecule has 1 fully saturated rings. The highest BCUT2D eigenvalue weighted by atomic mass is 127. The fourth-order valence-corrected chi connectivity index (χ4v) is 3.23. The smallest absolute Gasteiger partial charge is 0.223 e. The van der Waals surface area contributed by atoms with E-state index < -0.39 is 0 Å². The van der Waals surface area contributed by atoms with Gasteiger partial charge in [-0.2, -0.15) is 10.2 Å². The van der Waals surface area contributed by atoms with E-state index in [0.717, 1.165) is 44.1 Å². The molecule has 1 aromatic heterocycles. The van der Waals surface area contributed by atoms with Crippen molar-refractivity contribution in [3.8, 4) is 6.07 Å². The molecular formula is C19H26IN7O. The second-order valence-electron chi connectivity index (χ2n) is 6.48. The maximum Gasteiger partial charge on any atom is 0.223 e. The van der Waals surface area contributed by atoms with Crippen molar-refractivity contribution in [1.82, 2.24) is 20.8 Å². The quantitative estimate of drug-likeness (QED) is 0.374. The van der Waals surface area contributed by atoms with Gasteiger partial charge in [0.15, 0.2) is 11.8 Å². The fourth-order valence-electron chi connectivity index (χ4n) is 3.23. The van der Waals surface area contributed by atoms with Crippen molar-refractivity contribution in [3.05, 3.63) is 41.5 Å². The molecule has 3 rings (SSSR count). The predicted octanol–water partition coefficient (Wildman–Crippen LogP) is 2.59. The number of benzene rings is 1. The highest BCUT2D eigenvalue weighted by Crippen LogP contribution is 2.23. The zero-order chi connectivity index (χ0) is 19.1. The molecule has 2 aromatic rings. The van der Waals surface area contributed by atoms with Crippen LogP contribution in [0.15, 0.2) is 33.8 Å². The van der Waals surface area contributed by atoms with Crippen LogP contribution in [0, 0.1) is 18.3 Å². The lowest BCUT2D eigenvalue weighted by atomic mass is 10.0. The van der Waals surface area contributed by atoms with E-state index in [1.54, 1.807) is 6.92 Å². The topological polar surface area (TPSA) is 102 Å². The third kappa shape index (κ3) is 5.82. The van der Waals surface area contributed by atoms with E-state index in [1.807, 2.05) is 31.2 Å². The first-order chi connectivity index (χ1) is 13.2. The fraction of sp³-hybridized carbons (Fsp3) is 0.474. The normalized spacial score (nSPS) is 16.8. The number of nitriles is 1. The Morgan fingerprint density at radius 1 is 1.43 bits per heavy atom. The third-order valence-corrected chi connectivity index (χ3v) is 4.42. The Kier molecular flexibility index (Phi) is 8.50. The van der Waals surface area contributed by atoms with E-state index in [9.17, 15) is 5.26 Å². The Hall–Kier alpha value is -2.35. The monoisotopic (exact) mass is 495 g/mol. The van der Waals surface area contributed by atoms with E-state index >= 15 is 0 Å². The van der Waals surface area contributed by atoms with Crippen molar-refractivity contribution in [2.45, 2.75) is 39.3 Å². The standard InChI is InChI=1S/C19H25N7O.HI/c1-3-21-19(22-12-18-23-14(2)27-25-18)24-16-8-6-10-26(13-16)17-9-5-4-7-15(17)11-20;/h4-5,7,9,16H,3,6,8,10,12-13H2,1-2H3,(H2,21,22,24);1H. The van der Waals surface area contributed by atoms with Gasteiger partial charge in [0.05, 0.1) is 11.3 Å². The van der Waals surface area contributed by atoms with Crippen LogP contribution >= 0.6 is 24.0 Å². The van der Waals surface area contributed by atoms with Gasteiger partial charge in [0.1, 0.15) is 12.6 Å². The number of nitrogens with zero attached hydrogens (tertiary/aromatic N) is 5. The number of rotatable bonds is 5. The van der Waals surface area contributed by atoms with Crippen molar-refractivity contribution >= 4 is 35.6 Å². The Balaban J connectivity index is 0.00000280. The first kappa shape index (κ1) is 21.9. The molecule has 1 unspecified atom stereocenters. The lowest BCUT2D eigenvalue weighted by Crippen LogP contribution is -2.51. The van der Waals surface area contributed by atoms with Crippen molar-refractivity contribution in [3.63, 3.8) is 0 Å². The van der Waals surface area contributed by atoms with Crippen LogP contribution in [0.25, 0.3) is 0 Å². The van der Waals surface area contributed by atoms with Crippen LogP contribution in [0.3, 0.4) is 0 Å². The van der Waals surface area contributed by atoms with Gasteiger partial charge in [0, 0.05) is 32.6 Å². The Bertz CT molecular complexity index is 830. The van der Waals surface area contributed by atoms with Gasteiger partial charge in [-0.15, -0.1) is 24.0 Å². The summed E-state index contributed by atoms with van der Waals surface area (Å²) in [5.41, 5.74) is 1.71. The van der Waals surface area contributed by atoms with Crippen LogP contribution in [-0.4, -0.2) is 41.8 Å². The summed E-state index contributed by atoms with van der Waals surface area (Å²) in [4.78, 5) is 11.0. The van der Waals surface area contributed by atoms with E-state index in [-0.39, 0.29) is 30.0 Å². The number of aliphatic imine (C=N–C) groups is 1. The van der Waals surface area contributed by atoms with Crippen LogP contribution in [0.4, 0.5) is 5.69 Å². The summed E-state index contributed by atoms with van der Waals surface area (Å²) < 4.78 is 4.99. The van der Waals surface area contributed by atoms with Gasteiger partial charge in [-0.3, -0.25) is 0 Å². The van der Waals surface area contributed by atoms with Crippen LogP contribution in [0.2, 0.25) is 0 Å². The summed E-state index contributed by atoms with van der Waals surface area (Å²) in [6, 6.07) is 10.3. The van der Waals surface area contributed by atoms with Crippen molar-refractivity contribution in [1.29, 1.82) is 5.26 Å². The second-order valence-corrected chi connectivity index (χ2v) is 6.48. The third-order valence-electron chi connectivity index (χ3n) is 4.42. The molecule has 1 aliphatic rings. The molecule has 1 aromatic carbocycles. The van der Waals surface area contributed by atoms with Crippen LogP contribution < -0.4 is 15.5 Å². The highest BCUT2D eigenvalue weighted by molar-refractivity contribution is 14.0. The number of hydrogen-bond donors (Lipinski definition) is 2. The van der Waals surface area contributed by atoms with Crippen molar-refractivity contribution in [2.75, 3.05) is 24.5 Å². The molecule has 2 heterocycles. The number of piperidine rings is 1. The molecule has 0 saturated carbocycles. The van der Waals surface area contributed by atoms with Crippen LogP contribution in [0.1, 0.15) is 37.0 Å². The Morgan fingerprint density at radius 2 is 2.25 bits per heavy atom. The second kappa shape index (κ2) is 10.8. The average molecular weight is 495 g/mol. The zero-order valence-electron chi connectivity index (χ0n) is 16.2. The molecule has 9 heteroatoms. The lowest BCUT2D eigenvalue weighted by Gasteiger charge is -2.35. The number of guanidine groups is 1. The SMILES string of the molecule is CCNC(=NCc1noc(C)n1)NC1CCCN(c2ccccc2C#N)C1.I. The van der Waals surface area contributed by atoms with Gasteiger partial charge in [0.2, 0.25) is 5.89 Å². The molecule has 0 bridgehead atoms. The van der Waals surface area contributed by atoms with Gasteiger partial charge < -0.3 is 20.1 Å². The highest BCUT2D eigenvalue weighted by Gasteiger charge is 2.22. The van der Waals surface area contributed by atoms with Gasteiger partial charge in [-0.25, -0.2) is 4.99 Å². The van der Waals surface area contributed by atoms with E-state index in [4.69, 9.17) is 4.52 Å². The Morgan fingerprint density at radius 3 is 2.96 bits per heavy atom. The molecule has 0 spiro atoms. The van der Waals surface area contributed by atoms with E-state index in [2.05, 4.69) is 36.7 Å². The van der Waals surface area contributed by atoms with Gasteiger partial charge in [0.25, 0.3) is 0 Å². The summed E-state index contributed by atoms with van der Waals surface area (Å²) in [6.07, 6.45) is 2.11. The van der Waals surface area contributed by atoms with Crippen molar-refractivity contribution < 1.29 is 4.52 Å². The predicted molar refractivity (Wildman–Crippen MR) is 119 cm³/mol. The molecule has 28 heavy (non-hydrogen) atoms. The minimum Gasteiger partial charge on any atom is -0.368 e. The molecule has 150 valence electrons. The van der Waals surface area contributed by atoms with E-state index in [1.165, 1.54) is 0 Å². The molecule has 1 saturated heterocycles.